The van der Waals surface area contributed by atoms with Gasteiger partial charge in [0.25, 0.3) is 0 Å². The predicted octanol–water partition coefficient (Wildman–Crippen LogP) is 3.09. The van der Waals surface area contributed by atoms with Crippen LogP contribution in [0.15, 0.2) is 35.3 Å². The topological polar surface area (TPSA) is 90.2 Å². The lowest BCUT2D eigenvalue weighted by molar-refractivity contribution is 0.381. The van der Waals surface area contributed by atoms with Crippen molar-refractivity contribution in [2.24, 2.45) is 4.99 Å². The van der Waals surface area contributed by atoms with Crippen molar-refractivity contribution in [2.45, 2.75) is 37.5 Å². The maximum atomic E-state index is 8.74. The van der Waals surface area contributed by atoms with Crippen LogP contribution >= 0.6 is 11.8 Å². The van der Waals surface area contributed by atoms with Gasteiger partial charge in [-0.2, -0.15) is 20.2 Å². The van der Waals surface area contributed by atoms with Crippen molar-refractivity contribution in [3.05, 3.63) is 35.9 Å². The van der Waals surface area contributed by atoms with Crippen LogP contribution in [0.3, 0.4) is 0 Å². The minimum absolute atomic E-state index is 0.360. The standard InChI is InChI=1S/C16H22N2S.H2O4S/c1-2-11-19-15-9-6-10-18-12-14(17-16(15)18)13-7-4-3-5-8-13;1-5(2,3)4/h3-5,7-8,14-15H,2,6,9-12H2,1H3;(H2,1,2,3,4). The number of aliphatic imine (C=N–C) groups is 1. The Bertz CT molecular complexity index is 641. The number of hydrogen-bond donors (Lipinski definition) is 2. The number of nitrogens with zero attached hydrogens (tertiary/aromatic N) is 2. The highest BCUT2D eigenvalue weighted by molar-refractivity contribution is 8.00. The monoisotopic (exact) mass is 372 g/mol. The molecule has 134 valence electrons. The molecule has 2 unspecified atom stereocenters. The van der Waals surface area contributed by atoms with E-state index in [1.165, 1.54) is 43.0 Å². The summed E-state index contributed by atoms with van der Waals surface area (Å²) in [6, 6.07) is 11.1. The van der Waals surface area contributed by atoms with E-state index in [2.05, 4.69) is 53.9 Å². The number of thioether (sulfide) groups is 1. The third-order valence-electron chi connectivity index (χ3n) is 3.90. The predicted molar refractivity (Wildman–Crippen MR) is 98.1 cm³/mol. The summed E-state index contributed by atoms with van der Waals surface area (Å²) < 4.78 is 31.6. The summed E-state index contributed by atoms with van der Waals surface area (Å²) in [7, 11) is -4.67. The Balaban J connectivity index is 0.000000368. The molecular weight excluding hydrogens is 348 g/mol. The van der Waals surface area contributed by atoms with Crippen molar-refractivity contribution in [2.75, 3.05) is 18.8 Å². The van der Waals surface area contributed by atoms with E-state index >= 15 is 0 Å². The lowest BCUT2D eigenvalue weighted by Crippen LogP contribution is -2.40. The summed E-state index contributed by atoms with van der Waals surface area (Å²) in [6.45, 7) is 4.55. The van der Waals surface area contributed by atoms with Gasteiger partial charge in [-0.25, -0.2) is 0 Å². The summed E-state index contributed by atoms with van der Waals surface area (Å²) in [5, 5.41) is 0.641. The van der Waals surface area contributed by atoms with Gasteiger partial charge in [-0.1, -0.05) is 37.3 Å². The van der Waals surface area contributed by atoms with E-state index in [0.717, 1.165) is 6.54 Å². The van der Waals surface area contributed by atoms with Gasteiger partial charge < -0.3 is 4.90 Å². The van der Waals surface area contributed by atoms with Gasteiger partial charge in [0.2, 0.25) is 0 Å². The third kappa shape index (κ3) is 6.08. The molecule has 0 radical (unpaired) electrons. The zero-order valence-electron chi connectivity index (χ0n) is 13.7. The van der Waals surface area contributed by atoms with Crippen LogP contribution in [0.2, 0.25) is 0 Å². The molecule has 1 aromatic carbocycles. The van der Waals surface area contributed by atoms with Gasteiger partial charge in [0.15, 0.2) is 0 Å². The quantitative estimate of drug-likeness (QED) is 0.790. The second kappa shape index (κ2) is 8.84. The maximum absolute atomic E-state index is 8.74. The molecule has 2 aliphatic heterocycles. The van der Waals surface area contributed by atoms with Crippen molar-refractivity contribution >= 4 is 28.0 Å². The zero-order chi connectivity index (χ0) is 17.6. The van der Waals surface area contributed by atoms with Crippen molar-refractivity contribution in [3.63, 3.8) is 0 Å². The minimum atomic E-state index is -4.67. The first-order valence-corrected chi connectivity index (χ1v) is 10.5. The second-order valence-corrected chi connectivity index (χ2v) is 8.02. The molecule has 2 heterocycles. The van der Waals surface area contributed by atoms with Gasteiger partial charge in [-0.15, -0.1) is 0 Å². The normalized spacial score (nSPS) is 23.1. The molecule has 0 saturated carbocycles. The van der Waals surface area contributed by atoms with Crippen molar-refractivity contribution < 1.29 is 17.5 Å². The highest BCUT2D eigenvalue weighted by atomic mass is 32.3. The van der Waals surface area contributed by atoms with Crippen LogP contribution in [0.5, 0.6) is 0 Å². The molecule has 2 N–H and O–H groups in total. The number of amidine groups is 1. The Morgan fingerprint density at radius 2 is 1.96 bits per heavy atom. The number of hydrogen-bond acceptors (Lipinski definition) is 5. The highest BCUT2D eigenvalue weighted by Gasteiger charge is 2.33. The van der Waals surface area contributed by atoms with E-state index in [1.807, 2.05) is 0 Å². The van der Waals surface area contributed by atoms with Crippen LogP contribution in [-0.4, -0.2) is 52.4 Å². The fourth-order valence-electron chi connectivity index (χ4n) is 2.95. The van der Waals surface area contributed by atoms with Crippen LogP contribution in [0.4, 0.5) is 0 Å². The summed E-state index contributed by atoms with van der Waals surface area (Å²) in [5.41, 5.74) is 1.36. The van der Waals surface area contributed by atoms with Gasteiger partial charge in [-0.05, 0) is 30.6 Å². The molecular formula is C16H24N2O4S2. The molecule has 1 fully saturated rings. The SMILES string of the molecule is CCCSC1CCCN2CC(c3ccccc3)N=C12.O=S(=O)(O)O. The number of fused-ring (bicyclic) bond motifs is 1. The van der Waals surface area contributed by atoms with Crippen LogP contribution in [0, 0.1) is 0 Å². The third-order valence-corrected chi connectivity index (χ3v) is 5.39. The Kier molecular flexibility index (Phi) is 7.09. The zero-order valence-corrected chi connectivity index (χ0v) is 15.3. The van der Waals surface area contributed by atoms with E-state index < -0.39 is 10.4 Å². The molecule has 2 aliphatic rings. The van der Waals surface area contributed by atoms with E-state index in [1.54, 1.807) is 0 Å². The molecule has 6 nitrogen and oxygen atoms in total. The smallest absolute Gasteiger partial charge is 0.357 e. The fraction of sp³-hybridized carbons (Fsp3) is 0.562. The molecule has 0 spiro atoms. The summed E-state index contributed by atoms with van der Waals surface area (Å²) in [5.74, 6) is 2.63. The first-order chi connectivity index (χ1) is 11.4. The molecule has 1 aromatic rings. The Hall–Kier alpha value is -1.09. The Morgan fingerprint density at radius 3 is 2.58 bits per heavy atom. The molecule has 0 aliphatic carbocycles. The van der Waals surface area contributed by atoms with E-state index in [9.17, 15) is 0 Å². The largest absolute Gasteiger partial charge is 0.394 e. The summed E-state index contributed by atoms with van der Waals surface area (Å²) in [4.78, 5) is 7.56. The fourth-order valence-corrected chi connectivity index (χ4v) is 4.16. The first-order valence-electron chi connectivity index (χ1n) is 8.07. The molecule has 3 rings (SSSR count). The first kappa shape index (κ1) is 19.2. The Labute approximate surface area is 147 Å². The maximum Gasteiger partial charge on any atom is 0.394 e. The number of piperidine rings is 1. The lowest BCUT2D eigenvalue weighted by Gasteiger charge is -2.31. The molecule has 8 heteroatoms. The second-order valence-electron chi connectivity index (χ2n) is 5.81. The van der Waals surface area contributed by atoms with Gasteiger partial charge in [0.1, 0.15) is 5.84 Å². The summed E-state index contributed by atoms with van der Waals surface area (Å²) in [6.07, 6.45) is 3.89. The van der Waals surface area contributed by atoms with Crippen molar-refractivity contribution in [1.82, 2.24) is 4.90 Å². The highest BCUT2D eigenvalue weighted by Crippen LogP contribution is 2.33. The molecule has 2 atom stereocenters. The average Bonchev–Trinajstić information content (AvgIpc) is 2.97. The van der Waals surface area contributed by atoms with E-state index in [-0.39, 0.29) is 0 Å². The molecule has 0 amide bonds. The van der Waals surface area contributed by atoms with Gasteiger partial charge >= 0.3 is 10.4 Å². The van der Waals surface area contributed by atoms with E-state index in [4.69, 9.17) is 22.5 Å². The van der Waals surface area contributed by atoms with Gasteiger partial charge in [0.05, 0.1) is 11.3 Å². The summed E-state index contributed by atoms with van der Waals surface area (Å²) >= 11 is 2.10. The Morgan fingerprint density at radius 1 is 1.29 bits per heavy atom. The molecule has 0 bridgehead atoms. The minimum Gasteiger partial charge on any atom is -0.357 e. The van der Waals surface area contributed by atoms with Crippen molar-refractivity contribution in [3.8, 4) is 0 Å². The van der Waals surface area contributed by atoms with Crippen LogP contribution in [0.25, 0.3) is 0 Å². The average molecular weight is 373 g/mol. The molecule has 0 aromatic heterocycles. The van der Waals surface area contributed by atoms with Gasteiger partial charge in [-0.3, -0.25) is 14.1 Å². The molecule has 24 heavy (non-hydrogen) atoms. The van der Waals surface area contributed by atoms with E-state index in [0.29, 0.717) is 11.3 Å². The van der Waals surface area contributed by atoms with Crippen molar-refractivity contribution in [1.29, 1.82) is 0 Å². The van der Waals surface area contributed by atoms with Crippen LogP contribution in [0.1, 0.15) is 37.8 Å². The van der Waals surface area contributed by atoms with Gasteiger partial charge in [0, 0.05) is 13.1 Å². The number of rotatable bonds is 4. The number of benzene rings is 1. The van der Waals surface area contributed by atoms with Crippen LogP contribution in [-0.2, 0) is 10.4 Å². The molecule has 1 saturated heterocycles. The lowest BCUT2D eigenvalue weighted by atomic mass is 10.1. The van der Waals surface area contributed by atoms with Crippen LogP contribution < -0.4 is 0 Å².